The highest BCUT2D eigenvalue weighted by Crippen LogP contribution is 2.20. The van der Waals surface area contributed by atoms with Gasteiger partial charge in [0.1, 0.15) is 18.0 Å². The molecule has 0 bridgehead atoms. The van der Waals surface area contributed by atoms with Gasteiger partial charge >= 0.3 is 11.9 Å². The largest absolute Gasteiger partial charge is 0.492 e. The maximum Gasteiger partial charge on any atom is 0.338 e. The summed E-state index contributed by atoms with van der Waals surface area (Å²) in [5.74, 6) is -0.0628. The summed E-state index contributed by atoms with van der Waals surface area (Å²) in [5, 5.41) is 1.79. The van der Waals surface area contributed by atoms with Crippen molar-refractivity contribution in [1.82, 2.24) is 5.06 Å². The lowest BCUT2D eigenvalue weighted by atomic mass is 10.2. The lowest BCUT2D eigenvalue weighted by molar-refractivity contribution is -0.199. The molecular formula is C20H29NO6. The van der Waals surface area contributed by atoms with E-state index in [1.807, 2.05) is 20.8 Å². The van der Waals surface area contributed by atoms with Crippen LogP contribution in [0.4, 0.5) is 0 Å². The number of carbonyl (C=O) groups is 2. The minimum atomic E-state index is -0.524. The van der Waals surface area contributed by atoms with E-state index in [2.05, 4.69) is 0 Å². The van der Waals surface area contributed by atoms with Gasteiger partial charge in [-0.3, -0.25) is 4.84 Å². The van der Waals surface area contributed by atoms with Crippen molar-refractivity contribution in [3.8, 4) is 5.75 Å². The van der Waals surface area contributed by atoms with Crippen molar-refractivity contribution < 1.29 is 28.6 Å². The van der Waals surface area contributed by atoms with Crippen molar-refractivity contribution in [2.24, 2.45) is 0 Å². The second-order valence-corrected chi connectivity index (χ2v) is 7.35. The van der Waals surface area contributed by atoms with Crippen molar-refractivity contribution in [3.63, 3.8) is 0 Å². The Hall–Kier alpha value is -2.12. The van der Waals surface area contributed by atoms with Gasteiger partial charge < -0.3 is 14.2 Å². The number of hydrogen-bond donors (Lipinski definition) is 0. The zero-order valence-corrected chi connectivity index (χ0v) is 16.5. The highest BCUT2D eigenvalue weighted by molar-refractivity contribution is 5.89. The van der Waals surface area contributed by atoms with Gasteiger partial charge in [0.25, 0.3) is 0 Å². The summed E-state index contributed by atoms with van der Waals surface area (Å²) < 4.78 is 16.0. The Morgan fingerprint density at radius 3 is 2.52 bits per heavy atom. The first-order valence-corrected chi connectivity index (χ1v) is 9.30. The molecule has 1 saturated heterocycles. The molecule has 0 spiro atoms. The molecule has 2 rings (SSSR count). The zero-order chi connectivity index (χ0) is 19.9. The van der Waals surface area contributed by atoms with Crippen LogP contribution in [0.3, 0.4) is 0 Å². The summed E-state index contributed by atoms with van der Waals surface area (Å²) in [6.45, 7) is 8.67. The lowest BCUT2D eigenvalue weighted by Crippen LogP contribution is -2.37. The van der Waals surface area contributed by atoms with Gasteiger partial charge in [0, 0.05) is 6.54 Å². The van der Waals surface area contributed by atoms with Crippen molar-refractivity contribution in [2.75, 3.05) is 26.4 Å². The summed E-state index contributed by atoms with van der Waals surface area (Å²) in [4.78, 5) is 29.1. The average Bonchev–Trinajstić information content (AvgIpc) is 3.05. The van der Waals surface area contributed by atoms with Crippen LogP contribution in [0.15, 0.2) is 24.3 Å². The first kappa shape index (κ1) is 21.2. The van der Waals surface area contributed by atoms with Crippen molar-refractivity contribution in [3.05, 3.63) is 29.8 Å². The summed E-state index contributed by atoms with van der Waals surface area (Å²) in [6.07, 6.45) is 1.90. The Balaban J connectivity index is 1.79. The number of ether oxygens (including phenoxy) is 3. The number of nitrogens with zero attached hydrogens (tertiary/aromatic N) is 1. The minimum Gasteiger partial charge on any atom is -0.492 e. The van der Waals surface area contributed by atoms with Gasteiger partial charge in [-0.1, -0.05) is 0 Å². The molecular weight excluding hydrogens is 350 g/mol. The molecule has 0 aromatic heterocycles. The molecule has 1 aromatic rings. The van der Waals surface area contributed by atoms with E-state index in [-0.39, 0.29) is 24.6 Å². The molecule has 150 valence electrons. The van der Waals surface area contributed by atoms with E-state index in [4.69, 9.17) is 19.0 Å². The van der Waals surface area contributed by atoms with Crippen molar-refractivity contribution in [1.29, 1.82) is 0 Å². The first-order valence-electron chi connectivity index (χ1n) is 9.30. The molecule has 7 nitrogen and oxygen atoms in total. The Kier molecular flexibility index (Phi) is 7.62. The predicted octanol–water partition coefficient (Wildman–Crippen LogP) is 2.98. The fourth-order valence-corrected chi connectivity index (χ4v) is 2.75. The Labute approximate surface area is 160 Å². The molecule has 27 heavy (non-hydrogen) atoms. The van der Waals surface area contributed by atoms with E-state index >= 15 is 0 Å². The molecule has 0 saturated carbocycles. The van der Waals surface area contributed by atoms with Crippen LogP contribution in [0.5, 0.6) is 5.75 Å². The van der Waals surface area contributed by atoms with Crippen LogP contribution in [0, 0.1) is 0 Å². The molecule has 0 N–H and O–H groups in total. The first-order chi connectivity index (χ1) is 12.8. The van der Waals surface area contributed by atoms with Gasteiger partial charge in [-0.2, -0.15) is 5.06 Å². The topological polar surface area (TPSA) is 74.3 Å². The van der Waals surface area contributed by atoms with Gasteiger partial charge in [-0.15, -0.1) is 0 Å². The Morgan fingerprint density at radius 1 is 1.19 bits per heavy atom. The van der Waals surface area contributed by atoms with E-state index in [0.29, 0.717) is 24.5 Å². The molecule has 1 aliphatic rings. The second-order valence-electron chi connectivity index (χ2n) is 7.35. The normalized spacial score (nSPS) is 17.6. The molecule has 7 heteroatoms. The van der Waals surface area contributed by atoms with Crippen LogP contribution in [0.2, 0.25) is 0 Å². The molecule has 1 fully saturated rings. The predicted molar refractivity (Wildman–Crippen MR) is 99.4 cm³/mol. The van der Waals surface area contributed by atoms with E-state index in [1.165, 1.54) is 0 Å². The van der Waals surface area contributed by atoms with Crippen LogP contribution in [0.1, 0.15) is 50.9 Å². The standard InChI is InChI=1S/C20H29NO6/c1-5-24-19(23)15-8-10-17(11-9-15)25-13-16-7-6-12-21(16)26-14-18(22)27-20(2,3)4/h8-11,16H,5-7,12-14H2,1-4H3/t16-/m0/s1. The molecule has 0 aliphatic carbocycles. The molecule has 1 aromatic carbocycles. The monoisotopic (exact) mass is 379 g/mol. The van der Waals surface area contributed by atoms with Crippen LogP contribution in [0.25, 0.3) is 0 Å². The quantitative estimate of drug-likeness (QED) is 0.643. The van der Waals surface area contributed by atoms with Gasteiger partial charge in [0.15, 0.2) is 6.61 Å². The Bertz CT molecular complexity index is 622. The molecule has 1 atom stereocenters. The molecule has 1 heterocycles. The third-order valence-corrected chi connectivity index (χ3v) is 3.90. The SMILES string of the molecule is CCOC(=O)c1ccc(OC[C@@H]2CCCN2OCC(=O)OC(C)(C)C)cc1. The zero-order valence-electron chi connectivity index (χ0n) is 16.5. The molecule has 1 aliphatic heterocycles. The summed E-state index contributed by atoms with van der Waals surface area (Å²) in [5.41, 5.74) is -0.0312. The van der Waals surface area contributed by atoms with Crippen molar-refractivity contribution >= 4 is 11.9 Å². The number of esters is 2. The summed E-state index contributed by atoms with van der Waals surface area (Å²) in [7, 11) is 0. The number of hydrogen-bond acceptors (Lipinski definition) is 7. The van der Waals surface area contributed by atoms with E-state index in [0.717, 1.165) is 19.4 Å². The average molecular weight is 379 g/mol. The number of carbonyl (C=O) groups excluding carboxylic acids is 2. The lowest BCUT2D eigenvalue weighted by Gasteiger charge is -2.25. The van der Waals surface area contributed by atoms with Crippen LogP contribution >= 0.6 is 0 Å². The van der Waals surface area contributed by atoms with Crippen LogP contribution < -0.4 is 4.74 Å². The van der Waals surface area contributed by atoms with E-state index in [9.17, 15) is 9.59 Å². The van der Waals surface area contributed by atoms with Gasteiger partial charge in [0.2, 0.25) is 0 Å². The molecule has 0 amide bonds. The fourth-order valence-electron chi connectivity index (χ4n) is 2.75. The number of hydroxylamine groups is 2. The Morgan fingerprint density at radius 2 is 1.89 bits per heavy atom. The minimum absolute atomic E-state index is 0.0668. The smallest absolute Gasteiger partial charge is 0.338 e. The molecule has 0 unspecified atom stereocenters. The maximum atomic E-state index is 11.8. The fraction of sp³-hybridized carbons (Fsp3) is 0.600. The van der Waals surface area contributed by atoms with Crippen LogP contribution in [-0.2, 0) is 19.1 Å². The summed E-state index contributed by atoms with van der Waals surface area (Å²) >= 11 is 0. The maximum absolute atomic E-state index is 11.8. The van der Waals surface area contributed by atoms with E-state index in [1.54, 1.807) is 36.3 Å². The van der Waals surface area contributed by atoms with Gasteiger partial charge in [0.05, 0.1) is 18.2 Å². The van der Waals surface area contributed by atoms with Crippen LogP contribution in [-0.4, -0.2) is 55.0 Å². The van der Waals surface area contributed by atoms with Gasteiger partial charge in [-0.25, -0.2) is 9.59 Å². The second kappa shape index (κ2) is 9.71. The third-order valence-electron chi connectivity index (χ3n) is 3.90. The number of benzene rings is 1. The number of rotatable bonds is 8. The highest BCUT2D eigenvalue weighted by Gasteiger charge is 2.27. The van der Waals surface area contributed by atoms with E-state index < -0.39 is 5.60 Å². The summed E-state index contributed by atoms with van der Waals surface area (Å²) in [6, 6.07) is 6.91. The molecule has 0 radical (unpaired) electrons. The van der Waals surface area contributed by atoms with Gasteiger partial charge in [-0.05, 0) is 64.8 Å². The highest BCUT2D eigenvalue weighted by atomic mass is 16.7. The third kappa shape index (κ3) is 7.19. The van der Waals surface area contributed by atoms with Crippen molar-refractivity contribution in [2.45, 2.75) is 52.2 Å².